The second-order valence-electron chi connectivity index (χ2n) is 4.50. The van der Waals surface area contributed by atoms with Crippen molar-refractivity contribution in [3.63, 3.8) is 0 Å². The fourth-order valence-corrected chi connectivity index (χ4v) is 3.41. The normalized spacial score (nSPS) is 13.6. The molecule has 0 atom stereocenters. The highest BCUT2D eigenvalue weighted by Gasteiger charge is 2.15. The third-order valence-electron chi connectivity index (χ3n) is 3.07. The summed E-state index contributed by atoms with van der Waals surface area (Å²) in [4.78, 5) is 4.37. The van der Waals surface area contributed by atoms with Crippen molar-refractivity contribution in [3.05, 3.63) is 33.6 Å². The molecular formula is C14H14BrNO3S. The van der Waals surface area contributed by atoms with Gasteiger partial charge in [-0.2, -0.15) is 0 Å². The standard InChI is InChI=1S/C14H14BrNO3S/c1-8-9(2)19-14(16-8)20-7-10-5-12-13(6-11(10)15)18-4-3-17-12/h5-6H,3-4,7H2,1-2H3. The fourth-order valence-electron chi connectivity index (χ4n) is 1.86. The maximum absolute atomic E-state index is 5.60. The Morgan fingerprint density at radius 2 is 1.90 bits per heavy atom. The third kappa shape index (κ3) is 2.81. The lowest BCUT2D eigenvalue weighted by Gasteiger charge is -2.19. The molecule has 0 saturated carbocycles. The van der Waals surface area contributed by atoms with Gasteiger partial charge in [-0.15, -0.1) is 0 Å². The van der Waals surface area contributed by atoms with Gasteiger partial charge in [-0.25, -0.2) is 4.98 Å². The minimum absolute atomic E-state index is 0.597. The topological polar surface area (TPSA) is 44.5 Å². The summed E-state index contributed by atoms with van der Waals surface area (Å²) >= 11 is 5.14. The Morgan fingerprint density at radius 3 is 2.55 bits per heavy atom. The Morgan fingerprint density at radius 1 is 1.20 bits per heavy atom. The Balaban J connectivity index is 1.77. The summed E-state index contributed by atoms with van der Waals surface area (Å²) in [5.74, 6) is 3.22. The molecule has 1 aliphatic heterocycles. The van der Waals surface area contributed by atoms with Gasteiger partial charge in [0, 0.05) is 10.2 Å². The van der Waals surface area contributed by atoms with E-state index >= 15 is 0 Å². The summed E-state index contributed by atoms with van der Waals surface area (Å²) in [5.41, 5.74) is 2.07. The Bertz CT molecular complexity index is 622. The number of nitrogens with zero attached hydrogens (tertiary/aromatic N) is 1. The first-order valence-electron chi connectivity index (χ1n) is 6.28. The van der Waals surface area contributed by atoms with Crippen LogP contribution in [0.25, 0.3) is 0 Å². The van der Waals surface area contributed by atoms with E-state index in [9.17, 15) is 0 Å². The average molecular weight is 356 g/mol. The molecule has 0 N–H and O–H groups in total. The summed E-state index contributed by atoms with van der Waals surface area (Å²) in [5, 5.41) is 0.696. The van der Waals surface area contributed by atoms with Crippen molar-refractivity contribution >= 4 is 27.7 Å². The fraction of sp³-hybridized carbons (Fsp3) is 0.357. The van der Waals surface area contributed by atoms with Crippen LogP contribution in [0, 0.1) is 13.8 Å². The van der Waals surface area contributed by atoms with Gasteiger partial charge in [0.05, 0.1) is 5.69 Å². The van der Waals surface area contributed by atoms with Crippen molar-refractivity contribution in [1.82, 2.24) is 4.98 Å². The van der Waals surface area contributed by atoms with Crippen LogP contribution in [0.4, 0.5) is 0 Å². The minimum atomic E-state index is 0.597. The molecule has 0 fully saturated rings. The van der Waals surface area contributed by atoms with E-state index in [1.54, 1.807) is 11.8 Å². The Kier molecular flexibility index (Phi) is 3.94. The Hall–Kier alpha value is -1.14. The number of halogens is 1. The first-order valence-corrected chi connectivity index (χ1v) is 8.06. The highest BCUT2D eigenvalue weighted by atomic mass is 79.9. The number of rotatable bonds is 3. The number of fused-ring (bicyclic) bond motifs is 1. The number of thioether (sulfide) groups is 1. The largest absolute Gasteiger partial charge is 0.486 e. The molecule has 1 aromatic carbocycles. The lowest BCUT2D eigenvalue weighted by atomic mass is 10.2. The molecule has 6 heteroatoms. The van der Waals surface area contributed by atoms with Crippen LogP contribution in [-0.4, -0.2) is 18.2 Å². The van der Waals surface area contributed by atoms with Crippen molar-refractivity contribution in [2.75, 3.05) is 13.2 Å². The van der Waals surface area contributed by atoms with Crippen LogP contribution in [0.1, 0.15) is 17.0 Å². The molecule has 1 aromatic heterocycles. The quantitative estimate of drug-likeness (QED) is 0.775. The molecule has 0 saturated heterocycles. The third-order valence-corrected chi connectivity index (χ3v) is 4.69. The first-order chi connectivity index (χ1) is 9.63. The van der Waals surface area contributed by atoms with E-state index < -0.39 is 0 Å². The second-order valence-corrected chi connectivity index (χ2v) is 6.28. The summed E-state index contributed by atoms with van der Waals surface area (Å²) < 4.78 is 17.7. The number of hydrogen-bond acceptors (Lipinski definition) is 5. The molecule has 0 spiro atoms. The molecule has 4 nitrogen and oxygen atoms in total. The molecule has 2 heterocycles. The SMILES string of the molecule is Cc1nc(SCc2cc3c(cc2Br)OCCO3)oc1C. The zero-order chi connectivity index (χ0) is 14.1. The number of benzene rings is 1. The molecule has 106 valence electrons. The van der Waals surface area contributed by atoms with Gasteiger partial charge in [0.1, 0.15) is 19.0 Å². The smallest absolute Gasteiger partial charge is 0.256 e. The van der Waals surface area contributed by atoms with Crippen molar-refractivity contribution in [3.8, 4) is 11.5 Å². The number of aromatic nitrogens is 1. The van der Waals surface area contributed by atoms with E-state index in [0.29, 0.717) is 18.4 Å². The van der Waals surface area contributed by atoms with E-state index in [0.717, 1.165) is 38.7 Å². The summed E-state index contributed by atoms with van der Waals surface area (Å²) in [6, 6.07) is 3.96. The number of aryl methyl sites for hydroxylation is 2. The summed E-state index contributed by atoms with van der Waals surface area (Å²) in [6.07, 6.45) is 0. The van der Waals surface area contributed by atoms with Gasteiger partial charge in [-0.3, -0.25) is 0 Å². The lowest BCUT2D eigenvalue weighted by molar-refractivity contribution is 0.171. The van der Waals surface area contributed by atoms with E-state index in [-0.39, 0.29) is 0 Å². The molecule has 20 heavy (non-hydrogen) atoms. The lowest BCUT2D eigenvalue weighted by Crippen LogP contribution is -2.15. The highest BCUT2D eigenvalue weighted by Crippen LogP contribution is 2.37. The first kappa shape index (κ1) is 13.8. The molecule has 2 aromatic rings. The zero-order valence-electron chi connectivity index (χ0n) is 11.2. The molecule has 0 aliphatic carbocycles. The average Bonchev–Trinajstić information content (AvgIpc) is 2.75. The van der Waals surface area contributed by atoms with E-state index in [4.69, 9.17) is 13.9 Å². The molecule has 0 radical (unpaired) electrons. The highest BCUT2D eigenvalue weighted by molar-refractivity contribution is 9.10. The minimum Gasteiger partial charge on any atom is -0.486 e. The summed E-state index contributed by atoms with van der Waals surface area (Å²) in [6.45, 7) is 5.07. The van der Waals surface area contributed by atoms with Crippen LogP contribution in [0.2, 0.25) is 0 Å². The molecule has 3 rings (SSSR count). The van der Waals surface area contributed by atoms with Crippen molar-refractivity contribution in [2.24, 2.45) is 0 Å². The van der Waals surface area contributed by atoms with Crippen LogP contribution in [-0.2, 0) is 5.75 Å². The number of oxazole rings is 1. The zero-order valence-corrected chi connectivity index (χ0v) is 13.6. The predicted octanol–water partition coefficient (Wildman–Crippen LogP) is 4.12. The molecule has 0 amide bonds. The van der Waals surface area contributed by atoms with Crippen molar-refractivity contribution in [1.29, 1.82) is 0 Å². The monoisotopic (exact) mass is 355 g/mol. The molecule has 0 unspecified atom stereocenters. The van der Waals surface area contributed by atoms with E-state index in [1.807, 2.05) is 26.0 Å². The van der Waals surface area contributed by atoms with Crippen molar-refractivity contribution < 1.29 is 13.9 Å². The number of ether oxygens (including phenoxy) is 2. The van der Waals surface area contributed by atoms with Crippen molar-refractivity contribution in [2.45, 2.75) is 24.8 Å². The van der Waals surface area contributed by atoms with Gasteiger partial charge in [0.15, 0.2) is 11.5 Å². The molecule has 1 aliphatic rings. The van der Waals surface area contributed by atoms with Gasteiger partial charge >= 0.3 is 0 Å². The number of hydrogen-bond donors (Lipinski definition) is 0. The van der Waals surface area contributed by atoms with E-state index in [2.05, 4.69) is 20.9 Å². The van der Waals surface area contributed by atoms with E-state index in [1.165, 1.54) is 0 Å². The maximum atomic E-state index is 5.60. The van der Waals surface area contributed by atoms with Gasteiger partial charge in [0.25, 0.3) is 5.22 Å². The van der Waals surface area contributed by atoms with Gasteiger partial charge in [-0.1, -0.05) is 27.7 Å². The van der Waals surface area contributed by atoms with Crippen LogP contribution in [0.15, 0.2) is 26.2 Å². The van der Waals surface area contributed by atoms with Crippen LogP contribution in [0.3, 0.4) is 0 Å². The molecular weight excluding hydrogens is 342 g/mol. The van der Waals surface area contributed by atoms with Gasteiger partial charge in [-0.05, 0) is 31.5 Å². The molecule has 0 bridgehead atoms. The maximum Gasteiger partial charge on any atom is 0.256 e. The Labute approximate surface area is 130 Å². The summed E-state index contributed by atoms with van der Waals surface area (Å²) in [7, 11) is 0. The van der Waals surface area contributed by atoms with Crippen LogP contribution in [0.5, 0.6) is 11.5 Å². The van der Waals surface area contributed by atoms with Crippen LogP contribution < -0.4 is 9.47 Å². The van der Waals surface area contributed by atoms with Gasteiger partial charge in [0.2, 0.25) is 0 Å². The second kappa shape index (κ2) is 5.69. The van der Waals surface area contributed by atoms with Gasteiger partial charge < -0.3 is 13.9 Å². The predicted molar refractivity (Wildman–Crippen MR) is 80.7 cm³/mol. The van der Waals surface area contributed by atoms with Crippen LogP contribution >= 0.6 is 27.7 Å².